The van der Waals surface area contributed by atoms with Crippen LogP contribution in [-0.2, 0) is 5.54 Å². The van der Waals surface area contributed by atoms with Gasteiger partial charge in [0.15, 0.2) is 0 Å². The number of hydrogen-bond donors (Lipinski definition) is 1. The van der Waals surface area contributed by atoms with Gasteiger partial charge in [0.2, 0.25) is 0 Å². The molecule has 1 fully saturated rings. The second-order valence-electron chi connectivity index (χ2n) is 9.53. The van der Waals surface area contributed by atoms with Crippen molar-refractivity contribution in [3.63, 3.8) is 0 Å². The van der Waals surface area contributed by atoms with Crippen LogP contribution in [0.1, 0.15) is 69.4 Å². The van der Waals surface area contributed by atoms with Crippen molar-refractivity contribution < 1.29 is 13.2 Å². The molecule has 33 heavy (non-hydrogen) atoms. The quantitative estimate of drug-likeness (QED) is 0.454. The molecular weight excluding hydrogens is 423 g/mol. The van der Waals surface area contributed by atoms with Crippen molar-refractivity contribution in [2.24, 2.45) is 16.8 Å². The van der Waals surface area contributed by atoms with Gasteiger partial charge in [-0.05, 0) is 48.9 Å². The van der Waals surface area contributed by atoms with Crippen LogP contribution in [0.4, 0.5) is 13.2 Å². The van der Waals surface area contributed by atoms with E-state index in [1.165, 1.54) is 12.5 Å². The molecule has 0 aromatic heterocycles. The van der Waals surface area contributed by atoms with Crippen molar-refractivity contribution in [2.45, 2.75) is 76.0 Å². The fourth-order valence-corrected chi connectivity index (χ4v) is 5.39. The average Bonchev–Trinajstić information content (AvgIpc) is 3.17. The number of rotatable bonds is 10. The molecule has 0 amide bonds. The molecule has 0 radical (unpaired) electrons. The van der Waals surface area contributed by atoms with E-state index in [1.807, 2.05) is 30.3 Å². The highest BCUT2D eigenvalue weighted by molar-refractivity contribution is 6.02. The highest BCUT2D eigenvalue weighted by Gasteiger charge is 2.50. The number of hydrogen-bond acceptors (Lipinski definition) is 3. The average molecular weight is 458 g/mol. The molecule has 2 N–H and O–H groups in total. The third-order valence-electron chi connectivity index (χ3n) is 7.35. The van der Waals surface area contributed by atoms with Gasteiger partial charge in [-0.15, -0.1) is 0 Å². The lowest BCUT2D eigenvalue weighted by Crippen LogP contribution is -2.51. The maximum atomic E-state index is 15.0. The number of unbranched alkanes of at least 4 members (excludes halogenated alkanes) is 1. The molecule has 2 aliphatic rings. The largest absolute Gasteiger partial charge is 0.328 e. The summed E-state index contributed by atoms with van der Waals surface area (Å²) >= 11 is 0. The Kier molecular flexibility index (Phi) is 7.42. The first-order valence-electron chi connectivity index (χ1n) is 12.2. The zero-order valence-electron chi connectivity index (χ0n) is 19.3. The zero-order valence-corrected chi connectivity index (χ0v) is 19.3. The van der Waals surface area contributed by atoms with Gasteiger partial charge < -0.3 is 5.73 Å². The molecule has 0 saturated heterocycles. The van der Waals surface area contributed by atoms with Gasteiger partial charge in [0.05, 0.1) is 17.3 Å². The third-order valence-corrected chi connectivity index (χ3v) is 7.35. The van der Waals surface area contributed by atoms with Crippen LogP contribution in [0.15, 0.2) is 53.6 Å². The molecule has 1 saturated carbocycles. The first-order chi connectivity index (χ1) is 16.0. The van der Waals surface area contributed by atoms with E-state index in [-0.39, 0.29) is 24.6 Å². The minimum Gasteiger partial charge on any atom is -0.328 e. The number of alkyl halides is 1. The molecule has 2 aromatic rings. The minimum atomic E-state index is -1.23. The van der Waals surface area contributed by atoms with Gasteiger partial charge in [-0.3, -0.25) is 5.01 Å². The van der Waals surface area contributed by atoms with Crippen molar-refractivity contribution in [2.75, 3.05) is 6.54 Å². The molecule has 6 heteroatoms. The van der Waals surface area contributed by atoms with Crippen LogP contribution in [-0.4, -0.2) is 29.5 Å². The molecule has 1 unspecified atom stereocenters. The monoisotopic (exact) mass is 457 g/mol. The van der Waals surface area contributed by atoms with Gasteiger partial charge >= 0.3 is 0 Å². The van der Waals surface area contributed by atoms with Gasteiger partial charge in [-0.2, -0.15) is 5.10 Å². The Bertz CT molecular complexity index is 960. The highest BCUT2D eigenvalue weighted by atomic mass is 19.1. The molecule has 1 aliphatic carbocycles. The minimum absolute atomic E-state index is 0.0882. The molecule has 3 atom stereocenters. The van der Waals surface area contributed by atoms with E-state index in [9.17, 15) is 8.78 Å². The van der Waals surface area contributed by atoms with E-state index in [0.717, 1.165) is 49.8 Å². The van der Waals surface area contributed by atoms with Crippen LogP contribution >= 0.6 is 0 Å². The highest BCUT2D eigenvalue weighted by Crippen LogP contribution is 2.48. The summed E-state index contributed by atoms with van der Waals surface area (Å²) < 4.78 is 43.9. The molecule has 3 nitrogen and oxygen atoms in total. The second-order valence-corrected chi connectivity index (χ2v) is 9.53. The Labute approximate surface area is 194 Å². The summed E-state index contributed by atoms with van der Waals surface area (Å²) in [5.74, 6) is -0.552. The first-order valence-corrected chi connectivity index (χ1v) is 12.2. The van der Waals surface area contributed by atoms with Crippen LogP contribution < -0.4 is 5.73 Å². The third kappa shape index (κ3) is 4.81. The maximum Gasteiger partial charge on any atom is 0.132 e. The molecule has 0 bridgehead atoms. The van der Waals surface area contributed by atoms with Crippen molar-refractivity contribution in [1.82, 2.24) is 5.01 Å². The Morgan fingerprint density at radius 3 is 2.55 bits per heavy atom. The summed E-state index contributed by atoms with van der Waals surface area (Å²) in [7, 11) is 0. The topological polar surface area (TPSA) is 41.6 Å². The Hall–Kier alpha value is -2.34. The smallest absolute Gasteiger partial charge is 0.132 e. The molecule has 0 spiro atoms. The number of hydrazone groups is 1. The zero-order chi connectivity index (χ0) is 23.4. The molecular formula is C27H34F3N3. The van der Waals surface area contributed by atoms with Crippen molar-refractivity contribution >= 4 is 5.71 Å². The number of nitrogens with two attached hydrogens (primary N) is 1. The fraction of sp³-hybridized carbons (Fsp3) is 0.519. The van der Waals surface area contributed by atoms with E-state index < -0.39 is 23.3 Å². The molecule has 178 valence electrons. The van der Waals surface area contributed by atoms with E-state index in [0.29, 0.717) is 18.1 Å². The standard InChI is InChI=1S/C27H34F3N3/c1-2-3-12-26(19-8-7-9-19)33-27(16-22(29)18-31,20-10-5-4-6-11-20)17-25(32-33)23-15-21(28)13-14-24(23)30/h4-6,10-11,13-15,19,22,26H,2-3,7-9,12,16-18,31H2,1H3/t22-,26?,27-/m0/s1. The second kappa shape index (κ2) is 10.3. The molecule has 2 aromatic carbocycles. The number of halogens is 3. The lowest BCUT2D eigenvalue weighted by Gasteiger charge is -2.48. The predicted molar refractivity (Wildman–Crippen MR) is 127 cm³/mol. The first kappa shape index (κ1) is 23.8. The van der Waals surface area contributed by atoms with Gasteiger partial charge in [0.1, 0.15) is 17.8 Å². The van der Waals surface area contributed by atoms with Gasteiger partial charge in [-0.25, -0.2) is 13.2 Å². The Balaban J connectivity index is 1.85. The number of benzene rings is 2. The molecule has 4 rings (SSSR count). The van der Waals surface area contributed by atoms with E-state index in [1.54, 1.807) is 0 Å². The lowest BCUT2D eigenvalue weighted by atomic mass is 9.74. The molecule has 1 aliphatic heterocycles. The summed E-state index contributed by atoms with van der Waals surface area (Å²) in [6, 6.07) is 13.4. The lowest BCUT2D eigenvalue weighted by molar-refractivity contribution is -0.0105. The summed E-state index contributed by atoms with van der Waals surface area (Å²) in [6.45, 7) is 2.07. The van der Waals surface area contributed by atoms with E-state index in [4.69, 9.17) is 10.8 Å². The van der Waals surface area contributed by atoms with Crippen LogP contribution in [0.25, 0.3) is 0 Å². The van der Waals surface area contributed by atoms with Gasteiger partial charge in [0.25, 0.3) is 0 Å². The van der Waals surface area contributed by atoms with Gasteiger partial charge in [-0.1, -0.05) is 56.5 Å². The predicted octanol–water partition coefficient (Wildman–Crippen LogP) is 6.32. The summed E-state index contributed by atoms with van der Waals surface area (Å²) in [5, 5.41) is 7.04. The fourth-order valence-electron chi connectivity index (χ4n) is 5.39. The van der Waals surface area contributed by atoms with Crippen LogP contribution in [0.3, 0.4) is 0 Å². The molecule has 1 heterocycles. The summed E-state index contributed by atoms with van der Waals surface area (Å²) in [6.07, 6.45) is 5.69. The SMILES string of the molecule is CCCCC(C1CCC1)N1N=C(c2cc(F)ccc2F)C[C@@]1(C[C@H](F)CN)c1ccccc1. The maximum absolute atomic E-state index is 15.0. The van der Waals surface area contributed by atoms with Crippen LogP contribution in [0.2, 0.25) is 0 Å². The van der Waals surface area contributed by atoms with Gasteiger partial charge in [0, 0.05) is 24.9 Å². The Morgan fingerprint density at radius 1 is 1.15 bits per heavy atom. The van der Waals surface area contributed by atoms with Crippen molar-refractivity contribution in [3.05, 3.63) is 71.3 Å². The van der Waals surface area contributed by atoms with E-state index in [2.05, 4.69) is 11.9 Å². The summed E-state index contributed by atoms with van der Waals surface area (Å²) in [5.41, 5.74) is 6.52. The normalized spacial score (nSPS) is 22.7. The van der Waals surface area contributed by atoms with Crippen LogP contribution in [0, 0.1) is 17.6 Å². The Morgan fingerprint density at radius 2 is 1.91 bits per heavy atom. The number of nitrogens with zero attached hydrogens (tertiary/aromatic N) is 2. The van der Waals surface area contributed by atoms with Crippen molar-refractivity contribution in [3.8, 4) is 0 Å². The summed E-state index contributed by atoms with van der Waals surface area (Å²) in [4.78, 5) is 0. The van der Waals surface area contributed by atoms with Crippen molar-refractivity contribution in [1.29, 1.82) is 0 Å². The van der Waals surface area contributed by atoms with Crippen LogP contribution in [0.5, 0.6) is 0 Å². The van der Waals surface area contributed by atoms with E-state index >= 15 is 4.39 Å².